The average molecular weight is 462 g/mol. The fourth-order valence-corrected chi connectivity index (χ4v) is 3.65. The van der Waals surface area contributed by atoms with Gasteiger partial charge in [0.05, 0.1) is 12.6 Å². The number of amides is 4. The predicted octanol–water partition coefficient (Wildman–Crippen LogP) is 1.03. The monoisotopic (exact) mass is 461 g/mol. The van der Waals surface area contributed by atoms with Gasteiger partial charge in [-0.3, -0.25) is 24.7 Å². The van der Waals surface area contributed by atoms with Crippen LogP contribution in [-0.2, 0) is 25.7 Å². The molecule has 10 nitrogen and oxygen atoms in total. The van der Waals surface area contributed by atoms with Crippen LogP contribution in [0, 0.1) is 5.92 Å². The summed E-state index contributed by atoms with van der Waals surface area (Å²) < 4.78 is 5.01. The van der Waals surface area contributed by atoms with Crippen LogP contribution in [0.25, 0.3) is 0 Å². The van der Waals surface area contributed by atoms with Crippen LogP contribution in [0.2, 0.25) is 0 Å². The number of ether oxygens (including phenoxy) is 1. The van der Waals surface area contributed by atoms with Crippen LogP contribution in [0.5, 0.6) is 0 Å². The fraction of sp³-hybridized carbons (Fsp3) is 0.565. The molecule has 4 amide bonds. The summed E-state index contributed by atoms with van der Waals surface area (Å²) in [6.07, 6.45) is 1.14. The van der Waals surface area contributed by atoms with E-state index in [1.807, 2.05) is 32.0 Å². The van der Waals surface area contributed by atoms with E-state index in [9.17, 15) is 19.2 Å². The molecule has 0 unspecified atom stereocenters. The summed E-state index contributed by atoms with van der Waals surface area (Å²) in [6, 6.07) is 7.94. The van der Waals surface area contributed by atoms with E-state index in [0.717, 1.165) is 18.5 Å². The van der Waals surface area contributed by atoms with Gasteiger partial charge in [-0.05, 0) is 37.3 Å². The van der Waals surface area contributed by atoms with E-state index in [1.165, 1.54) is 5.01 Å². The minimum atomic E-state index is -0.894. The Balaban J connectivity index is 1.92. The third kappa shape index (κ3) is 8.47. The van der Waals surface area contributed by atoms with E-state index in [1.54, 1.807) is 31.2 Å². The van der Waals surface area contributed by atoms with Gasteiger partial charge in [0.2, 0.25) is 11.8 Å². The Morgan fingerprint density at radius 1 is 1.15 bits per heavy atom. The Bertz CT molecular complexity index is 809. The number of alkyl carbamates (subject to hydrolysis) is 1. The second-order valence-electron chi connectivity index (χ2n) is 8.65. The van der Waals surface area contributed by atoms with Crippen molar-refractivity contribution in [2.75, 3.05) is 27.2 Å². The Morgan fingerprint density at radius 2 is 1.85 bits per heavy atom. The number of imide groups is 1. The summed E-state index contributed by atoms with van der Waals surface area (Å²) in [5.41, 5.74) is 0.787. The van der Waals surface area contributed by atoms with Crippen LogP contribution in [-0.4, -0.2) is 73.1 Å². The van der Waals surface area contributed by atoms with Crippen LogP contribution < -0.4 is 16.0 Å². The summed E-state index contributed by atoms with van der Waals surface area (Å²) in [4.78, 5) is 50.1. The number of hydrogen-bond acceptors (Lipinski definition) is 7. The molecule has 0 aromatic heterocycles. The maximum Gasteiger partial charge on any atom is 0.414 e. The third-order valence-corrected chi connectivity index (χ3v) is 5.19. The molecule has 1 aliphatic rings. The molecule has 3 N–H and O–H groups in total. The van der Waals surface area contributed by atoms with Crippen LogP contribution in [0.3, 0.4) is 0 Å². The van der Waals surface area contributed by atoms with E-state index in [2.05, 4.69) is 16.0 Å². The first-order valence-electron chi connectivity index (χ1n) is 11.2. The lowest BCUT2D eigenvalue weighted by molar-refractivity contribution is -0.159. The van der Waals surface area contributed by atoms with Gasteiger partial charge < -0.3 is 15.4 Å². The third-order valence-electron chi connectivity index (χ3n) is 5.19. The molecule has 0 aliphatic carbocycles. The summed E-state index contributed by atoms with van der Waals surface area (Å²) in [7, 11) is 3.42. The first-order valence-corrected chi connectivity index (χ1v) is 11.2. The van der Waals surface area contributed by atoms with E-state index in [4.69, 9.17) is 4.74 Å². The zero-order valence-electron chi connectivity index (χ0n) is 19.8. The number of nitrogens with zero attached hydrogens (tertiary/aromatic N) is 2. The molecular formula is C23H35N5O5. The lowest BCUT2D eigenvalue weighted by Crippen LogP contribution is -2.59. The Labute approximate surface area is 195 Å². The lowest BCUT2D eigenvalue weighted by atomic mass is 10.0. The SMILES string of the molecule is CC(C)C[C@@H](C(=O)NCC(=O)NC(=O)OCc1ccccc1)N(C(=O)[C@@H]1CCCN1)N(C)C. The molecule has 33 heavy (non-hydrogen) atoms. The van der Waals surface area contributed by atoms with Gasteiger partial charge in [-0.15, -0.1) is 0 Å². The number of benzene rings is 1. The Kier molecular flexibility index (Phi) is 10.3. The van der Waals surface area contributed by atoms with Crippen molar-refractivity contribution in [1.82, 2.24) is 26.0 Å². The van der Waals surface area contributed by atoms with Crippen molar-refractivity contribution in [3.8, 4) is 0 Å². The van der Waals surface area contributed by atoms with Crippen molar-refractivity contribution in [3.63, 3.8) is 0 Å². The van der Waals surface area contributed by atoms with Crippen molar-refractivity contribution in [3.05, 3.63) is 35.9 Å². The summed E-state index contributed by atoms with van der Waals surface area (Å²) in [6.45, 7) is 4.30. The number of hydrogen-bond donors (Lipinski definition) is 3. The molecular weight excluding hydrogens is 426 g/mol. The Morgan fingerprint density at radius 3 is 2.42 bits per heavy atom. The molecule has 1 fully saturated rings. The summed E-state index contributed by atoms with van der Waals surface area (Å²) in [5, 5.41) is 10.9. The van der Waals surface area contributed by atoms with E-state index < -0.39 is 30.5 Å². The lowest BCUT2D eigenvalue weighted by Gasteiger charge is -2.37. The van der Waals surface area contributed by atoms with Crippen LogP contribution in [0.15, 0.2) is 30.3 Å². The van der Waals surface area contributed by atoms with Gasteiger partial charge >= 0.3 is 6.09 Å². The highest BCUT2D eigenvalue weighted by Crippen LogP contribution is 2.17. The van der Waals surface area contributed by atoms with Crippen LogP contribution in [0.4, 0.5) is 4.79 Å². The zero-order valence-corrected chi connectivity index (χ0v) is 19.8. The minimum Gasteiger partial charge on any atom is -0.444 e. The van der Waals surface area contributed by atoms with Gasteiger partial charge in [0.15, 0.2) is 0 Å². The summed E-state index contributed by atoms with van der Waals surface area (Å²) in [5.74, 6) is -1.21. The zero-order chi connectivity index (χ0) is 24.4. The smallest absolute Gasteiger partial charge is 0.414 e. The van der Waals surface area contributed by atoms with E-state index in [0.29, 0.717) is 12.8 Å². The second-order valence-corrected chi connectivity index (χ2v) is 8.65. The fourth-order valence-electron chi connectivity index (χ4n) is 3.65. The average Bonchev–Trinajstić information content (AvgIpc) is 3.31. The summed E-state index contributed by atoms with van der Waals surface area (Å²) >= 11 is 0. The van der Waals surface area contributed by atoms with Gasteiger partial charge in [-0.25, -0.2) is 9.80 Å². The molecule has 2 atom stereocenters. The van der Waals surface area contributed by atoms with Crippen molar-refractivity contribution < 1.29 is 23.9 Å². The molecule has 1 heterocycles. The minimum absolute atomic E-state index is 0.0257. The number of rotatable bonds is 10. The maximum absolute atomic E-state index is 13.1. The molecule has 0 bridgehead atoms. The number of carbonyl (C=O) groups is 4. The molecule has 1 aliphatic heterocycles. The van der Waals surface area contributed by atoms with Gasteiger partial charge in [0, 0.05) is 14.1 Å². The number of nitrogens with one attached hydrogen (secondary N) is 3. The molecule has 182 valence electrons. The van der Waals surface area contributed by atoms with Gasteiger partial charge in [0.25, 0.3) is 5.91 Å². The van der Waals surface area contributed by atoms with Crippen molar-refractivity contribution >= 4 is 23.8 Å². The van der Waals surface area contributed by atoms with Crippen LogP contribution in [0.1, 0.15) is 38.7 Å². The molecule has 0 spiro atoms. The van der Waals surface area contributed by atoms with Crippen molar-refractivity contribution in [2.24, 2.45) is 5.92 Å². The largest absolute Gasteiger partial charge is 0.444 e. The highest BCUT2D eigenvalue weighted by Gasteiger charge is 2.36. The maximum atomic E-state index is 13.1. The first kappa shape index (κ1) is 26.3. The van der Waals surface area contributed by atoms with Gasteiger partial charge in [-0.2, -0.15) is 0 Å². The van der Waals surface area contributed by atoms with Gasteiger partial charge in [-0.1, -0.05) is 44.2 Å². The van der Waals surface area contributed by atoms with E-state index >= 15 is 0 Å². The number of carbonyl (C=O) groups excluding carboxylic acids is 4. The molecule has 10 heteroatoms. The first-order chi connectivity index (χ1) is 15.7. The van der Waals surface area contributed by atoms with Crippen LogP contribution >= 0.6 is 0 Å². The topological polar surface area (TPSA) is 120 Å². The van der Waals surface area contributed by atoms with Crippen molar-refractivity contribution in [1.29, 1.82) is 0 Å². The number of hydrazine groups is 1. The van der Waals surface area contributed by atoms with Gasteiger partial charge in [0.1, 0.15) is 12.6 Å². The predicted molar refractivity (Wildman–Crippen MR) is 123 cm³/mol. The molecule has 0 saturated carbocycles. The highest BCUT2D eigenvalue weighted by molar-refractivity contribution is 5.96. The highest BCUT2D eigenvalue weighted by atomic mass is 16.5. The standard InChI is InChI=1S/C23H35N5O5/c1-16(2)13-19(28(27(3)4)22(31)18-11-8-12-24-18)21(30)25-14-20(29)26-23(32)33-15-17-9-6-5-7-10-17/h5-7,9-10,16,18-19,24H,8,11-15H2,1-4H3,(H,25,30)(H,26,29,32)/t18-,19-/m0/s1. The second kappa shape index (κ2) is 12.9. The molecule has 0 radical (unpaired) electrons. The normalized spacial score (nSPS) is 16.4. The molecule has 1 aromatic rings. The molecule has 1 aromatic carbocycles. The van der Waals surface area contributed by atoms with Crippen molar-refractivity contribution in [2.45, 2.75) is 51.8 Å². The molecule has 1 saturated heterocycles. The molecule has 2 rings (SSSR count). The Hall–Kier alpha value is -2.98. The van der Waals surface area contributed by atoms with E-state index in [-0.39, 0.29) is 24.5 Å². The quantitative estimate of drug-likeness (QED) is 0.445.